The third-order valence-corrected chi connectivity index (χ3v) is 10.1. The SMILES string of the molecule is CC(C)(C)[Si](C)(C)OC/C=C/c1ccccc1C1CCCCC1=O. The van der Waals surface area contributed by atoms with E-state index in [-0.39, 0.29) is 11.0 Å². The molecule has 24 heavy (non-hydrogen) atoms. The summed E-state index contributed by atoms with van der Waals surface area (Å²) in [4.78, 5) is 12.3. The summed E-state index contributed by atoms with van der Waals surface area (Å²) in [5.74, 6) is 0.487. The lowest BCUT2D eigenvalue weighted by Crippen LogP contribution is -2.40. The molecule has 1 aromatic rings. The van der Waals surface area contributed by atoms with E-state index in [1.54, 1.807) is 0 Å². The normalized spacial score (nSPS) is 19.9. The number of benzene rings is 1. The molecule has 1 saturated carbocycles. The quantitative estimate of drug-likeness (QED) is 0.617. The van der Waals surface area contributed by atoms with E-state index in [9.17, 15) is 4.79 Å². The fraction of sp³-hybridized carbons (Fsp3) is 0.571. The molecular formula is C21H32O2Si. The second-order valence-electron chi connectivity index (χ2n) is 8.37. The van der Waals surface area contributed by atoms with Crippen molar-refractivity contribution < 1.29 is 9.22 Å². The number of hydrogen-bond donors (Lipinski definition) is 0. The highest BCUT2D eigenvalue weighted by Gasteiger charge is 2.36. The van der Waals surface area contributed by atoms with Crippen molar-refractivity contribution in [3.63, 3.8) is 0 Å². The molecule has 1 atom stereocenters. The minimum absolute atomic E-state index is 0.0842. The lowest BCUT2D eigenvalue weighted by atomic mass is 9.81. The number of rotatable bonds is 5. The van der Waals surface area contributed by atoms with E-state index in [2.05, 4.69) is 58.2 Å². The van der Waals surface area contributed by atoms with E-state index in [1.807, 2.05) is 12.1 Å². The summed E-state index contributed by atoms with van der Waals surface area (Å²) in [6, 6.07) is 8.31. The van der Waals surface area contributed by atoms with Crippen LogP contribution < -0.4 is 0 Å². The van der Waals surface area contributed by atoms with Crippen LogP contribution in [0.15, 0.2) is 30.3 Å². The molecular weight excluding hydrogens is 312 g/mol. The molecule has 2 nitrogen and oxygen atoms in total. The van der Waals surface area contributed by atoms with Gasteiger partial charge in [0.1, 0.15) is 5.78 Å². The summed E-state index contributed by atoms with van der Waals surface area (Å²) >= 11 is 0. The first kappa shape index (κ1) is 19.1. The van der Waals surface area contributed by atoms with E-state index in [0.717, 1.165) is 31.2 Å². The van der Waals surface area contributed by atoms with Gasteiger partial charge in [-0.2, -0.15) is 0 Å². The molecule has 0 heterocycles. The Kier molecular flexibility index (Phi) is 6.21. The second kappa shape index (κ2) is 7.79. The molecule has 0 radical (unpaired) electrons. The zero-order chi connectivity index (χ0) is 17.8. The van der Waals surface area contributed by atoms with Crippen LogP contribution in [0, 0.1) is 0 Å². The summed E-state index contributed by atoms with van der Waals surface area (Å²) in [6.07, 6.45) is 8.16. The minimum Gasteiger partial charge on any atom is -0.413 e. The molecule has 132 valence electrons. The molecule has 2 rings (SSSR count). The fourth-order valence-electron chi connectivity index (χ4n) is 2.94. The number of ketones is 1. The smallest absolute Gasteiger partial charge is 0.192 e. The first-order valence-corrected chi connectivity index (χ1v) is 12.1. The van der Waals surface area contributed by atoms with Gasteiger partial charge in [-0.15, -0.1) is 0 Å². The Bertz CT molecular complexity index is 596. The standard InChI is InChI=1S/C21H32O2Si/c1-21(2,3)24(4,5)23-16-10-12-17-11-6-7-13-18(17)19-14-8-9-15-20(19)22/h6-7,10-13,19H,8-9,14-16H2,1-5H3/b12-10+. The lowest BCUT2D eigenvalue weighted by Gasteiger charge is -2.35. The number of Topliss-reactive ketones (excluding diaryl/α,β-unsaturated/α-hetero) is 1. The van der Waals surface area contributed by atoms with Gasteiger partial charge < -0.3 is 4.43 Å². The summed E-state index contributed by atoms with van der Waals surface area (Å²) in [6.45, 7) is 12.0. The molecule has 3 heteroatoms. The van der Waals surface area contributed by atoms with Crippen molar-refractivity contribution in [2.75, 3.05) is 6.61 Å². The predicted molar refractivity (Wildman–Crippen MR) is 105 cm³/mol. The summed E-state index contributed by atoms with van der Waals surface area (Å²) in [5, 5.41) is 0.229. The maximum Gasteiger partial charge on any atom is 0.192 e. The van der Waals surface area contributed by atoms with Crippen LogP contribution in [0.5, 0.6) is 0 Å². The molecule has 0 saturated heterocycles. The van der Waals surface area contributed by atoms with Gasteiger partial charge in [-0.05, 0) is 42.1 Å². The molecule has 1 unspecified atom stereocenters. The molecule has 0 bridgehead atoms. The van der Waals surface area contributed by atoms with E-state index in [4.69, 9.17) is 4.43 Å². The van der Waals surface area contributed by atoms with Crippen molar-refractivity contribution in [3.05, 3.63) is 41.5 Å². The molecule has 0 amide bonds. The van der Waals surface area contributed by atoms with Gasteiger partial charge in [-0.3, -0.25) is 4.79 Å². The molecule has 0 N–H and O–H groups in total. The van der Waals surface area contributed by atoms with Gasteiger partial charge in [0.2, 0.25) is 0 Å². The molecule has 1 aliphatic carbocycles. The Labute approximate surface area is 148 Å². The number of carbonyl (C=O) groups excluding carboxylic acids is 1. The van der Waals surface area contributed by atoms with Gasteiger partial charge in [-0.25, -0.2) is 0 Å². The van der Waals surface area contributed by atoms with E-state index in [1.165, 1.54) is 5.56 Å². The zero-order valence-corrected chi connectivity index (χ0v) is 16.9. The van der Waals surface area contributed by atoms with Gasteiger partial charge in [0, 0.05) is 12.3 Å². The molecule has 1 aliphatic rings. The topological polar surface area (TPSA) is 26.3 Å². The summed E-state index contributed by atoms with van der Waals surface area (Å²) in [7, 11) is -1.71. The highest BCUT2D eigenvalue weighted by molar-refractivity contribution is 6.74. The van der Waals surface area contributed by atoms with Crippen LogP contribution in [0.2, 0.25) is 18.1 Å². The Morgan fingerprint density at radius 1 is 1.21 bits per heavy atom. The number of hydrogen-bond acceptors (Lipinski definition) is 2. The van der Waals surface area contributed by atoms with Crippen LogP contribution in [-0.4, -0.2) is 20.7 Å². The van der Waals surface area contributed by atoms with Crippen molar-refractivity contribution in [1.29, 1.82) is 0 Å². The van der Waals surface area contributed by atoms with Gasteiger partial charge in [0.15, 0.2) is 8.32 Å². The lowest BCUT2D eigenvalue weighted by molar-refractivity contribution is -0.121. The predicted octanol–water partition coefficient (Wildman–Crippen LogP) is 5.95. The van der Waals surface area contributed by atoms with Crippen molar-refractivity contribution in [3.8, 4) is 0 Å². The van der Waals surface area contributed by atoms with Crippen LogP contribution >= 0.6 is 0 Å². The van der Waals surface area contributed by atoms with Crippen LogP contribution in [0.3, 0.4) is 0 Å². The first-order chi connectivity index (χ1) is 11.2. The largest absolute Gasteiger partial charge is 0.413 e. The molecule has 0 aromatic heterocycles. The monoisotopic (exact) mass is 344 g/mol. The van der Waals surface area contributed by atoms with E-state index < -0.39 is 8.32 Å². The second-order valence-corrected chi connectivity index (χ2v) is 13.2. The Hall–Kier alpha value is -1.19. The van der Waals surface area contributed by atoms with Crippen molar-refractivity contribution in [2.24, 2.45) is 0 Å². The summed E-state index contributed by atoms with van der Waals surface area (Å²) < 4.78 is 6.21. The van der Waals surface area contributed by atoms with Crippen LogP contribution in [-0.2, 0) is 9.22 Å². The average Bonchev–Trinajstić information content (AvgIpc) is 2.51. The first-order valence-electron chi connectivity index (χ1n) is 9.14. The maximum absolute atomic E-state index is 12.3. The zero-order valence-electron chi connectivity index (χ0n) is 15.9. The molecule has 1 aromatic carbocycles. The van der Waals surface area contributed by atoms with Crippen LogP contribution in [0.25, 0.3) is 6.08 Å². The minimum atomic E-state index is -1.71. The molecule has 0 aliphatic heterocycles. The van der Waals surface area contributed by atoms with Crippen molar-refractivity contribution in [1.82, 2.24) is 0 Å². The van der Waals surface area contributed by atoms with E-state index >= 15 is 0 Å². The highest BCUT2D eigenvalue weighted by Crippen LogP contribution is 2.36. The highest BCUT2D eigenvalue weighted by atomic mass is 28.4. The molecule has 1 fully saturated rings. The maximum atomic E-state index is 12.3. The van der Waals surface area contributed by atoms with Gasteiger partial charge in [0.05, 0.1) is 6.61 Å². The number of carbonyl (C=O) groups is 1. The Morgan fingerprint density at radius 3 is 2.58 bits per heavy atom. The van der Waals surface area contributed by atoms with E-state index in [0.29, 0.717) is 12.4 Å². The van der Waals surface area contributed by atoms with Crippen molar-refractivity contribution in [2.45, 2.75) is 70.5 Å². The average molecular weight is 345 g/mol. The Balaban J connectivity index is 2.06. The third kappa shape index (κ3) is 4.67. The molecule has 0 spiro atoms. The summed E-state index contributed by atoms with van der Waals surface area (Å²) in [5.41, 5.74) is 2.35. The van der Waals surface area contributed by atoms with Crippen LogP contribution in [0.4, 0.5) is 0 Å². The van der Waals surface area contributed by atoms with Gasteiger partial charge in [-0.1, -0.05) is 63.6 Å². The Morgan fingerprint density at radius 2 is 1.92 bits per heavy atom. The van der Waals surface area contributed by atoms with Crippen LogP contribution in [0.1, 0.15) is 63.5 Å². The van der Waals surface area contributed by atoms with Crippen molar-refractivity contribution >= 4 is 20.2 Å². The fourth-order valence-corrected chi connectivity index (χ4v) is 3.89. The van der Waals surface area contributed by atoms with Gasteiger partial charge in [0.25, 0.3) is 0 Å². The van der Waals surface area contributed by atoms with Gasteiger partial charge >= 0.3 is 0 Å². The third-order valence-electron chi connectivity index (χ3n) is 5.57.